The Bertz CT molecular complexity index is 455. The summed E-state index contributed by atoms with van der Waals surface area (Å²) in [5, 5.41) is 3.04. The highest BCUT2D eigenvalue weighted by Gasteiger charge is 2.31. The van der Waals surface area contributed by atoms with Gasteiger partial charge in [0, 0.05) is 16.4 Å². The summed E-state index contributed by atoms with van der Waals surface area (Å²) in [7, 11) is 0. The van der Waals surface area contributed by atoms with Crippen LogP contribution in [0, 0.1) is 0 Å². The monoisotopic (exact) mass is 324 g/mol. The van der Waals surface area contributed by atoms with E-state index in [0.29, 0.717) is 6.42 Å². The van der Waals surface area contributed by atoms with Crippen LogP contribution in [-0.4, -0.2) is 11.4 Å². The van der Waals surface area contributed by atoms with Gasteiger partial charge in [-0.2, -0.15) is 0 Å². The Morgan fingerprint density at radius 1 is 1.47 bits per heavy atom. The molecular formula is C15H21BrN2O. The van der Waals surface area contributed by atoms with E-state index in [2.05, 4.69) is 21.2 Å². The zero-order valence-corrected chi connectivity index (χ0v) is 12.9. The van der Waals surface area contributed by atoms with Gasteiger partial charge in [0.2, 0.25) is 5.91 Å². The number of nitrogens with one attached hydrogen (secondary N) is 1. The van der Waals surface area contributed by atoms with Gasteiger partial charge in [-0.1, -0.05) is 40.9 Å². The summed E-state index contributed by atoms with van der Waals surface area (Å²) in [4.78, 5) is 12.1. The molecule has 19 heavy (non-hydrogen) atoms. The van der Waals surface area contributed by atoms with E-state index >= 15 is 0 Å². The first-order valence-electron chi connectivity index (χ1n) is 6.82. The van der Waals surface area contributed by atoms with Crippen LogP contribution < -0.4 is 11.1 Å². The summed E-state index contributed by atoms with van der Waals surface area (Å²) in [5.41, 5.74) is 7.05. The molecule has 0 radical (unpaired) electrons. The van der Waals surface area contributed by atoms with Crippen molar-refractivity contribution in [1.29, 1.82) is 0 Å². The third kappa shape index (κ3) is 4.05. The molecule has 3 N–H and O–H groups in total. The van der Waals surface area contributed by atoms with Crippen molar-refractivity contribution >= 4 is 21.8 Å². The summed E-state index contributed by atoms with van der Waals surface area (Å²) in [6.45, 7) is 2.00. The molecule has 1 aliphatic carbocycles. The fraction of sp³-hybridized carbons (Fsp3) is 0.533. The largest absolute Gasteiger partial charge is 0.350 e. The topological polar surface area (TPSA) is 55.1 Å². The van der Waals surface area contributed by atoms with Crippen molar-refractivity contribution in [3.8, 4) is 0 Å². The predicted molar refractivity (Wildman–Crippen MR) is 80.7 cm³/mol. The summed E-state index contributed by atoms with van der Waals surface area (Å²) in [6, 6.07) is 8.01. The van der Waals surface area contributed by atoms with Gasteiger partial charge in [-0.05, 0) is 37.5 Å². The van der Waals surface area contributed by atoms with Gasteiger partial charge in [-0.3, -0.25) is 4.79 Å². The van der Waals surface area contributed by atoms with Crippen LogP contribution in [0.5, 0.6) is 0 Å². The van der Waals surface area contributed by atoms with E-state index in [4.69, 9.17) is 5.73 Å². The smallest absolute Gasteiger partial charge is 0.222 e. The van der Waals surface area contributed by atoms with E-state index in [1.165, 1.54) is 0 Å². The molecule has 1 aliphatic rings. The second kappa shape index (κ2) is 6.06. The summed E-state index contributed by atoms with van der Waals surface area (Å²) >= 11 is 3.44. The molecule has 1 fully saturated rings. The Balaban J connectivity index is 1.91. The van der Waals surface area contributed by atoms with Crippen molar-refractivity contribution in [3.05, 3.63) is 34.3 Å². The molecule has 1 atom stereocenters. The lowest BCUT2D eigenvalue weighted by atomic mass is 9.94. The number of rotatable bonds is 4. The standard InChI is InChI=1S/C15H21BrN2O/c1-11(12-5-4-6-13(16)9-12)18-14(19)10-15(17)7-2-3-8-15/h4-6,9,11H,2-3,7-8,10,17H2,1H3,(H,18,19). The van der Waals surface area contributed by atoms with Crippen LogP contribution in [0.1, 0.15) is 50.6 Å². The SMILES string of the molecule is CC(NC(=O)CC1(N)CCCC1)c1cccc(Br)c1. The Morgan fingerprint density at radius 3 is 2.79 bits per heavy atom. The first kappa shape index (κ1) is 14.5. The molecule has 3 nitrogen and oxygen atoms in total. The van der Waals surface area contributed by atoms with Crippen molar-refractivity contribution in [3.63, 3.8) is 0 Å². The maximum absolute atomic E-state index is 12.1. The normalized spacial score (nSPS) is 19.1. The molecule has 1 saturated carbocycles. The van der Waals surface area contributed by atoms with Crippen LogP contribution in [0.15, 0.2) is 28.7 Å². The van der Waals surface area contributed by atoms with E-state index in [9.17, 15) is 4.79 Å². The first-order chi connectivity index (χ1) is 8.98. The predicted octanol–water partition coefficient (Wildman–Crippen LogP) is 3.29. The number of amides is 1. The van der Waals surface area contributed by atoms with Crippen LogP contribution in [-0.2, 0) is 4.79 Å². The maximum atomic E-state index is 12.1. The lowest BCUT2D eigenvalue weighted by Gasteiger charge is -2.24. The minimum absolute atomic E-state index is 0.00926. The van der Waals surface area contributed by atoms with E-state index in [0.717, 1.165) is 35.7 Å². The highest BCUT2D eigenvalue weighted by Crippen LogP contribution is 2.30. The lowest BCUT2D eigenvalue weighted by molar-refractivity contribution is -0.122. The van der Waals surface area contributed by atoms with E-state index < -0.39 is 0 Å². The number of hydrogen-bond donors (Lipinski definition) is 2. The van der Waals surface area contributed by atoms with Crippen molar-refractivity contribution in [2.75, 3.05) is 0 Å². The van der Waals surface area contributed by atoms with Gasteiger partial charge < -0.3 is 11.1 Å². The number of carbonyl (C=O) groups is 1. The first-order valence-corrected chi connectivity index (χ1v) is 7.62. The van der Waals surface area contributed by atoms with Crippen LogP contribution in [0.4, 0.5) is 0 Å². The molecule has 0 spiro atoms. The van der Waals surface area contributed by atoms with Crippen LogP contribution in [0.25, 0.3) is 0 Å². The molecule has 1 amide bonds. The molecule has 4 heteroatoms. The minimum Gasteiger partial charge on any atom is -0.350 e. The molecule has 0 bridgehead atoms. The highest BCUT2D eigenvalue weighted by molar-refractivity contribution is 9.10. The van der Waals surface area contributed by atoms with E-state index in [-0.39, 0.29) is 17.5 Å². The van der Waals surface area contributed by atoms with Gasteiger partial charge in [0.25, 0.3) is 0 Å². The molecule has 1 aromatic carbocycles. The maximum Gasteiger partial charge on any atom is 0.222 e. The van der Waals surface area contributed by atoms with Crippen molar-refractivity contribution in [2.45, 2.75) is 50.6 Å². The molecule has 104 valence electrons. The average molecular weight is 325 g/mol. The Kier molecular flexibility index (Phi) is 4.63. The average Bonchev–Trinajstić information content (AvgIpc) is 2.75. The van der Waals surface area contributed by atoms with Crippen molar-refractivity contribution in [1.82, 2.24) is 5.32 Å². The zero-order valence-electron chi connectivity index (χ0n) is 11.3. The third-order valence-corrected chi connectivity index (χ3v) is 4.33. The van der Waals surface area contributed by atoms with E-state index in [1.54, 1.807) is 0 Å². The summed E-state index contributed by atoms with van der Waals surface area (Å²) in [5.74, 6) is 0.0527. The molecule has 1 aromatic rings. The van der Waals surface area contributed by atoms with Crippen LogP contribution >= 0.6 is 15.9 Å². The summed E-state index contributed by atoms with van der Waals surface area (Å²) < 4.78 is 1.03. The molecule has 0 heterocycles. The number of halogens is 1. The highest BCUT2D eigenvalue weighted by atomic mass is 79.9. The van der Waals surface area contributed by atoms with Gasteiger partial charge >= 0.3 is 0 Å². The Labute approximate surface area is 123 Å². The van der Waals surface area contributed by atoms with Gasteiger partial charge in [0.15, 0.2) is 0 Å². The number of hydrogen-bond acceptors (Lipinski definition) is 2. The van der Waals surface area contributed by atoms with Crippen LogP contribution in [0.2, 0.25) is 0 Å². The molecule has 0 aromatic heterocycles. The van der Waals surface area contributed by atoms with Gasteiger partial charge in [0.05, 0.1) is 6.04 Å². The molecular weight excluding hydrogens is 304 g/mol. The Morgan fingerprint density at radius 2 is 2.16 bits per heavy atom. The fourth-order valence-electron chi connectivity index (χ4n) is 2.73. The third-order valence-electron chi connectivity index (χ3n) is 3.84. The quantitative estimate of drug-likeness (QED) is 0.892. The molecule has 2 rings (SSSR count). The van der Waals surface area contributed by atoms with Crippen molar-refractivity contribution in [2.24, 2.45) is 5.73 Å². The molecule has 0 saturated heterocycles. The second-order valence-electron chi connectivity index (χ2n) is 5.59. The number of benzene rings is 1. The van der Waals surface area contributed by atoms with E-state index in [1.807, 2.05) is 31.2 Å². The van der Waals surface area contributed by atoms with Gasteiger partial charge in [-0.25, -0.2) is 0 Å². The number of nitrogens with two attached hydrogens (primary N) is 1. The lowest BCUT2D eigenvalue weighted by Crippen LogP contribution is -2.42. The molecule has 1 unspecified atom stereocenters. The summed E-state index contributed by atoms with van der Waals surface area (Å²) in [6.07, 6.45) is 4.65. The minimum atomic E-state index is -0.277. The van der Waals surface area contributed by atoms with Crippen molar-refractivity contribution < 1.29 is 4.79 Å². The fourth-order valence-corrected chi connectivity index (χ4v) is 3.14. The number of carbonyl (C=O) groups excluding carboxylic acids is 1. The molecule has 0 aliphatic heterocycles. The second-order valence-corrected chi connectivity index (χ2v) is 6.51. The zero-order chi connectivity index (χ0) is 13.9. The van der Waals surface area contributed by atoms with Gasteiger partial charge in [0.1, 0.15) is 0 Å². The van der Waals surface area contributed by atoms with Crippen LogP contribution in [0.3, 0.4) is 0 Å². The Hall–Kier alpha value is -0.870. The van der Waals surface area contributed by atoms with Gasteiger partial charge in [-0.15, -0.1) is 0 Å².